The standard InChI is InChI=1S/C7HClF4N2O3S/c8-18(15,16)4-2-14-6(17-7(10,11)12)5(9)3(4)1-13/h2H. The molecule has 0 spiro atoms. The maximum atomic E-state index is 13.4. The lowest BCUT2D eigenvalue weighted by Crippen LogP contribution is -2.19. The predicted octanol–water partition coefficient (Wildman–Crippen LogP) is 1.92. The van der Waals surface area contributed by atoms with Crippen LogP contribution in [-0.2, 0) is 9.05 Å². The third-order valence-electron chi connectivity index (χ3n) is 1.54. The van der Waals surface area contributed by atoms with E-state index in [0.717, 1.165) is 6.07 Å². The quantitative estimate of drug-likeness (QED) is 0.616. The molecule has 1 aromatic heterocycles. The van der Waals surface area contributed by atoms with Crippen molar-refractivity contribution in [2.24, 2.45) is 0 Å². The average Bonchev–Trinajstić information content (AvgIpc) is 2.17. The minimum absolute atomic E-state index is 0.297. The molecular formula is C7HClF4N2O3S. The van der Waals surface area contributed by atoms with Gasteiger partial charge in [0.05, 0.1) is 6.20 Å². The number of hydrogen-bond acceptors (Lipinski definition) is 5. The topological polar surface area (TPSA) is 80.0 Å². The molecule has 0 fully saturated rings. The van der Waals surface area contributed by atoms with Gasteiger partial charge in [0, 0.05) is 10.7 Å². The molecule has 1 rings (SSSR count). The summed E-state index contributed by atoms with van der Waals surface area (Å²) < 4.78 is 73.8. The minimum atomic E-state index is -5.23. The molecule has 1 heterocycles. The van der Waals surface area contributed by atoms with Crippen molar-refractivity contribution in [2.75, 3.05) is 0 Å². The van der Waals surface area contributed by atoms with Gasteiger partial charge >= 0.3 is 6.36 Å². The van der Waals surface area contributed by atoms with Crippen molar-refractivity contribution in [3.05, 3.63) is 17.6 Å². The number of halogens is 5. The molecule has 0 atom stereocenters. The molecular weight excluding hydrogens is 304 g/mol. The number of rotatable bonds is 2. The lowest BCUT2D eigenvalue weighted by atomic mass is 10.3. The highest BCUT2D eigenvalue weighted by atomic mass is 35.7. The fourth-order valence-electron chi connectivity index (χ4n) is 0.923. The van der Waals surface area contributed by atoms with E-state index in [1.54, 1.807) is 0 Å². The Morgan fingerprint density at radius 2 is 2.00 bits per heavy atom. The van der Waals surface area contributed by atoms with Crippen LogP contribution in [0.25, 0.3) is 0 Å². The molecule has 0 N–H and O–H groups in total. The van der Waals surface area contributed by atoms with E-state index in [1.807, 2.05) is 0 Å². The van der Waals surface area contributed by atoms with E-state index in [0.29, 0.717) is 6.20 Å². The van der Waals surface area contributed by atoms with Crippen molar-refractivity contribution in [1.82, 2.24) is 4.98 Å². The smallest absolute Gasteiger partial charge is 0.385 e. The molecule has 0 aliphatic carbocycles. The third kappa shape index (κ3) is 3.21. The zero-order valence-corrected chi connectivity index (χ0v) is 9.57. The van der Waals surface area contributed by atoms with Crippen LogP contribution in [0.1, 0.15) is 5.56 Å². The Labute approximate surface area is 102 Å². The number of aromatic nitrogens is 1. The van der Waals surface area contributed by atoms with Gasteiger partial charge in [-0.05, 0) is 0 Å². The summed E-state index contributed by atoms with van der Waals surface area (Å²) in [6, 6.07) is 1.07. The predicted molar refractivity (Wildman–Crippen MR) is 48.6 cm³/mol. The summed E-state index contributed by atoms with van der Waals surface area (Å²) in [5.74, 6) is -3.43. The van der Waals surface area contributed by atoms with Gasteiger partial charge in [-0.15, -0.1) is 13.2 Å². The Morgan fingerprint density at radius 1 is 1.44 bits per heavy atom. The number of ether oxygens (including phenoxy) is 1. The van der Waals surface area contributed by atoms with Gasteiger partial charge in [-0.25, -0.2) is 13.4 Å². The van der Waals surface area contributed by atoms with Crippen molar-refractivity contribution in [2.45, 2.75) is 11.3 Å². The number of alkyl halides is 3. The van der Waals surface area contributed by atoms with E-state index in [1.165, 1.54) is 0 Å². The van der Waals surface area contributed by atoms with Crippen LogP contribution in [-0.4, -0.2) is 19.8 Å². The first-order valence-corrected chi connectivity index (χ1v) is 6.16. The lowest BCUT2D eigenvalue weighted by molar-refractivity contribution is -0.277. The van der Waals surface area contributed by atoms with E-state index in [2.05, 4.69) is 9.72 Å². The fourth-order valence-corrected chi connectivity index (χ4v) is 1.83. The molecule has 0 saturated carbocycles. The van der Waals surface area contributed by atoms with E-state index in [-0.39, 0.29) is 0 Å². The van der Waals surface area contributed by atoms with E-state index in [9.17, 15) is 26.0 Å². The van der Waals surface area contributed by atoms with Crippen LogP contribution in [0, 0.1) is 17.1 Å². The zero-order valence-electron chi connectivity index (χ0n) is 7.99. The highest BCUT2D eigenvalue weighted by Crippen LogP contribution is 2.29. The molecule has 0 radical (unpaired) electrons. The average molecular weight is 305 g/mol. The van der Waals surface area contributed by atoms with Crippen molar-refractivity contribution in [1.29, 1.82) is 5.26 Å². The summed E-state index contributed by atoms with van der Waals surface area (Å²) in [6.45, 7) is 0. The number of nitrogens with zero attached hydrogens (tertiary/aromatic N) is 2. The van der Waals surface area contributed by atoms with Crippen LogP contribution < -0.4 is 4.74 Å². The second kappa shape index (κ2) is 4.58. The Balaban J connectivity index is 3.45. The van der Waals surface area contributed by atoms with E-state index in [4.69, 9.17) is 15.9 Å². The molecule has 0 amide bonds. The summed E-state index contributed by atoms with van der Waals surface area (Å²) in [6.07, 6.45) is -4.94. The number of pyridine rings is 1. The first-order chi connectivity index (χ1) is 8.06. The van der Waals surface area contributed by atoms with E-state index >= 15 is 0 Å². The van der Waals surface area contributed by atoms with Gasteiger partial charge in [0.15, 0.2) is 0 Å². The van der Waals surface area contributed by atoms with Crippen LogP contribution in [0.3, 0.4) is 0 Å². The van der Waals surface area contributed by atoms with Crippen LogP contribution in [0.5, 0.6) is 5.88 Å². The maximum absolute atomic E-state index is 13.4. The van der Waals surface area contributed by atoms with E-state index < -0.39 is 37.6 Å². The summed E-state index contributed by atoms with van der Waals surface area (Å²) in [4.78, 5) is 1.76. The van der Waals surface area contributed by atoms with Gasteiger partial charge in [0.2, 0.25) is 5.82 Å². The molecule has 0 unspecified atom stereocenters. The van der Waals surface area contributed by atoms with Crippen molar-refractivity contribution >= 4 is 19.7 Å². The highest BCUT2D eigenvalue weighted by Gasteiger charge is 2.35. The lowest BCUT2D eigenvalue weighted by Gasteiger charge is -2.09. The molecule has 5 nitrogen and oxygen atoms in total. The Morgan fingerprint density at radius 3 is 2.39 bits per heavy atom. The normalized spacial score (nSPS) is 12.0. The Bertz CT molecular complexity index is 623. The number of nitriles is 1. The van der Waals surface area contributed by atoms with Gasteiger partial charge < -0.3 is 4.74 Å². The van der Waals surface area contributed by atoms with Gasteiger partial charge in [-0.2, -0.15) is 9.65 Å². The third-order valence-corrected chi connectivity index (χ3v) is 2.87. The fraction of sp³-hybridized carbons (Fsp3) is 0.143. The van der Waals surface area contributed by atoms with Gasteiger partial charge in [-0.3, -0.25) is 0 Å². The summed E-state index contributed by atoms with van der Waals surface area (Å²) in [5.41, 5.74) is -1.21. The van der Waals surface area contributed by atoms with Gasteiger partial charge in [0.25, 0.3) is 14.9 Å². The molecule has 98 valence electrons. The molecule has 0 aliphatic rings. The zero-order chi connectivity index (χ0) is 14.1. The van der Waals surface area contributed by atoms with Crippen LogP contribution in [0.2, 0.25) is 0 Å². The maximum Gasteiger partial charge on any atom is 0.574 e. The van der Waals surface area contributed by atoms with Crippen molar-refractivity contribution in [3.8, 4) is 11.9 Å². The summed E-state index contributed by atoms with van der Waals surface area (Å²) in [5, 5.41) is 8.51. The monoisotopic (exact) mass is 304 g/mol. The molecule has 1 aromatic rings. The van der Waals surface area contributed by atoms with Gasteiger partial charge in [-0.1, -0.05) is 0 Å². The molecule has 18 heavy (non-hydrogen) atoms. The largest absolute Gasteiger partial charge is 0.574 e. The second-order valence-corrected chi connectivity index (χ2v) is 5.25. The van der Waals surface area contributed by atoms with Crippen LogP contribution >= 0.6 is 10.7 Å². The highest BCUT2D eigenvalue weighted by molar-refractivity contribution is 8.13. The SMILES string of the molecule is N#Cc1c(S(=O)(=O)Cl)cnc(OC(F)(F)F)c1F. The summed E-state index contributed by atoms with van der Waals surface area (Å²) in [7, 11) is 0.333. The van der Waals surface area contributed by atoms with Gasteiger partial charge in [0.1, 0.15) is 16.5 Å². The first-order valence-electron chi connectivity index (χ1n) is 3.85. The molecule has 0 saturated heterocycles. The number of hydrogen-bond donors (Lipinski definition) is 0. The molecule has 0 aliphatic heterocycles. The van der Waals surface area contributed by atoms with Crippen LogP contribution in [0.4, 0.5) is 17.6 Å². The van der Waals surface area contributed by atoms with Crippen molar-refractivity contribution < 1.29 is 30.7 Å². The minimum Gasteiger partial charge on any atom is -0.385 e. The molecule has 11 heteroatoms. The first kappa shape index (κ1) is 14.5. The molecule has 0 aromatic carbocycles. The molecule has 0 bridgehead atoms. The second-order valence-electron chi connectivity index (χ2n) is 2.71. The Kier molecular flexibility index (Phi) is 3.68. The summed E-state index contributed by atoms with van der Waals surface area (Å²) >= 11 is 0. The Hall–Kier alpha value is -1.60. The van der Waals surface area contributed by atoms with Crippen molar-refractivity contribution in [3.63, 3.8) is 0 Å². The van der Waals surface area contributed by atoms with Crippen LogP contribution in [0.15, 0.2) is 11.1 Å².